The van der Waals surface area contributed by atoms with Crippen LogP contribution < -0.4 is 10.5 Å². The van der Waals surface area contributed by atoms with Crippen molar-refractivity contribution in [1.82, 2.24) is 4.72 Å². The lowest BCUT2D eigenvalue weighted by Crippen LogP contribution is -2.36. The molecule has 2 unspecified atom stereocenters. The minimum Gasteiger partial charge on any atom is -0.324 e. The molecule has 0 aliphatic rings. The van der Waals surface area contributed by atoms with Crippen molar-refractivity contribution in [2.75, 3.05) is 0 Å². The number of sulfonamides is 1. The lowest BCUT2D eigenvalue weighted by Gasteiger charge is -2.17. The maximum absolute atomic E-state index is 12.1. The SMILES string of the molecule is CC(N)c1ccc(S(=O)(=O)NC(C)C(C)C)cc1. The second kappa shape index (κ2) is 5.82. The minimum absolute atomic E-state index is 0.0932. The molecule has 5 heteroatoms. The summed E-state index contributed by atoms with van der Waals surface area (Å²) in [5, 5.41) is 0. The highest BCUT2D eigenvalue weighted by Gasteiger charge is 2.19. The molecule has 0 aromatic heterocycles. The number of nitrogens with two attached hydrogens (primary N) is 1. The van der Waals surface area contributed by atoms with E-state index in [-0.39, 0.29) is 22.9 Å². The van der Waals surface area contributed by atoms with Crippen molar-refractivity contribution >= 4 is 10.0 Å². The summed E-state index contributed by atoms with van der Waals surface area (Å²) in [5.74, 6) is 0.253. The first-order valence-corrected chi connectivity index (χ1v) is 7.60. The molecule has 0 aliphatic carbocycles. The molecule has 0 saturated carbocycles. The highest BCUT2D eigenvalue weighted by molar-refractivity contribution is 7.89. The minimum atomic E-state index is -3.44. The van der Waals surface area contributed by atoms with E-state index in [9.17, 15) is 8.42 Å². The second-order valence-electron chi connectivity index (χ2n) is 5.01. The molecule has 102 valence electrons. The van der Waals surface area contributed by atoms with E-state index in [1.807, 2.05) is 27.7 Å². The third-order valence-corrected chi connectivity index (χ3v) is 4.63. The Morgan fingerprint density at radius 2 is 1.56 bits per heavy atom. The van der Waals surface area contributed by atoms with Crippen LogP contribution in [0.1, 0.15) is 39.3 Å². The largest absolute Gasteiger partial charge is 0.324 e. The van der Waals surface area contributed by atoms with Gasteiger partial charge < -0.3 is 5.73 Å². The van der Waals surface area contributed by atoms with Crippen LogP contribution in [0.15, 0.2) is 29.2 Å². The second-order valence-corrected chi connectivity index (χ2v) is 6.73. The molecule has 0 saturated heterocycles. The van der Waals surface area contributed by atoms with Gasteiger partial charge in [-0.05, 0) is 37.5 Å². The number of rotatable bonds is 5. The van der Waals surface area contributed by atoms with Crippen molar-refractivity contribution in [2.24, 2.45) is 11.7 Å². The molecule has 1 aromatic rings. The Labute approximate surface area is 110 Å². The van der Waals surface area contributed by atoms with Gasteiger partial charge in [0.2, 0.25) is 10.0 Å². The number of hydrogen-bond donors (Lipinski definition) is 2. The lowest BCUT2D eigenvalue weighted by atomic mass is 10.1. The van der Waals surface area contributed by atoms with Crippen molar-refractivity contribution in [3.05, 3.63) is 29.8 Å². The zero-order valence-electron chi connectivity index (χ0n) is 11.3. The molecule has 1 rings (SSSR count). The van der Waals surface area contributed by atoms with Crippen LogP contribution in [0, 0.1) is 5.92 Å². The van der Waals surface area contributed by atoms with Crippen molar-refractivity contribution in [3.8, 4) is 0 Å². The van der Waals surface area contributed by atoms with Crippen LogP contribution in [0.4, 0.5) is 0 Å². The summed E-state index contributed by atoms with van der Waals surface area (Å²) in [6, 6.07) is 6.49. The zero-order chi connectivity index (χ0) is 13.9. The van der Waals surface area contributed by atoms with Crippen LogP contribution in [-0.4, -0.2) is 14.5 Å². The third kappa shape index (κ3) is 3.80. The van der Waals surface area contributed by atoms with Crippen LogP contribution in [0.5, 0.6) is 0 Å². The van der Waals surface area contributed by atoms with Crippen LogP contribution >= 0.6 is 0 Å². The van der Waals surface area contributed by atoms with Crippen molar-refractivity contribution < 1.29 is 8.42 Å². The Morgan fingerprint density at radius 3 is 1.94 bits per heavy atom. The fourth-order valence-electron chi connectivity index (χ4n) is 1.40. The standard InChI is InChI=1S/C13H22N2O2S/c1-9(2)11(4)15-18(16,17)13-7-5-12(6-8-13)10(3)14/h5-11,15H,14H2,1-4H3. The molecule has 0 heterocycles. The van der Waals surface area contributed by atoms with E-state index in [2.05, 4.69) is 4.72 Å². The van der Waals surface area contributed by atoms with Crippen LogP contribution in [-0.2, 0) is 10.0 Å². The monoisotopic (exact) mass is 270 g/mol. The van der Waals surface area contributed by atoms with Gasteiger partial charge in [0.05, 0.1) is 4.90 Å². The molecule has 0 amide bonds. The van der Waals surface area contributed by atoms with Crippen molar-refractivity contribution in [3.63, 3.8) is 0 Å². The van der Waals surface area contributed by atoms with Crippen LogP contribution in [0.2, 0.25) is 0 Å². The predicted molar refractivity (Wildman–Crippen MR) is 73.7 cm³/mol. The Balaban J connectivity index is 2.92. The van der Waals surface area contributed by atoms with E-state index in [4.69, 9.17) is 5.73 Å². The van der Waals surface area contributed by atoms with Gasteiger partial charge in [0, 0.05) is 12.1 Å². The molecule has 0 fully saturated rings. The maximum Gasteiger partial charge on any atom is 0.240 e. The van der Waals surface area contributed by atoms with Gasteiger partial charge in [-0.15, -0.1) is 0 Å². The van der Waals surface area contributed by atoms with E-state index in [1.165, 1.54) is 0 Å². The molecular formula is C13H22N2O2S. The summed E-state index contributed by atoms with van der Waals surface area (Å²) < 4.78 is 26.8. The number of benzene rings is 1. The van der Waals surface area contributed by atoms with E-state index in [0.29, 0.717) is 0 Å². The fraction of sp³-hybridized carbons (Fsp3) is 0.538. The molecule has 0 bridgehead atoms. The first-order valence-electron chi connectivity index (χ1n) is 6.12. The molecule has 0 radical (unpaired) electrons. The predicted octanol–water partition coefficient (Wildman–Crippen LogP) is 2.03. The highest BCUT2D eigenvalue weighted by Crippen LogP contribution is 2.15. The summed E-state index contributed by atoms with van der Waals surface area (Å²) in [5.41, 5.74) is 6.65. The van der Waals surface area contributed by atoms with Gasteiger partial charge in [0.25, 0.3) is 0 Å². The van der Waals surface area contributed by atoms with Crippen LogP contribution in [0.3, 0.4) is 0 Å². The van der Waals surface area contributed by atoms with Gasteiger partial charge in [-0.3, -0.25) is 0 Å². The average Bonchev–Trinajstić information content (AvgIpc) is 2.28. The van der Waals surface area contributed by atoms with Gasteiger partial charge in [-0.2, -0.15) is 0 Å². The molecule has 4 nitrogen and oxygen atoms in total. The smallest absolute Gasteiger partial charge is 0.240 e. The summed E-state index contributed by atoms with van der Waals surface area (Å²) in [6.45, 7) is 7.68. The third-order valence-electron chi connectivity index (χ3n) is 3.06. The summed E-state index contributed by atoms with van der Waals surface area (Å²) >= 11 is 0. The van der Waals surface area contributed by atoms with E-state index in [1.54, 1.807) is 24.3 Å². The normalized spacial score (nSPS) is 15.7. The molecule has 2 atom stereocenters. The fourth-order valence-corrected chi connectivity index (χ4v) is 2.79. The van der Waals surface area contributed by atoms with Gasteiger partial charge >= 0.3 is 0 Å². The van der Waals surface area contributed by atoms with E-state index in [0.717, 1.165) is 5.56 Å². The molecule has 1 aromatic carbocycles. The summed E-state index contributed by atoms with van der Waals surface area (Å²) in [6.07, 6.45) is 0. The summed E-state index contributed by atoms with van der Waals surface area (Å²) in [4.78, 5) is 0.277. The first-order chi connectivity index (χ1) is 8.24. The lowest BCUT2D eigenvalue weighted by molar-refractivity contribution is 0.476. The van der Waals surface area contributed by atoms with E-state index >= 15 is 0 Å². The molecule has 0 aliphatic heterocycles. The first kappa shape index (κ1) is 15.1. The summed E-state index contributed by atoms with van der Waals surface area (Å²) in [7, 11) is -3.44. The quantitative estimate of drug-likeness (QED) is 0.860. The maximum atomic E-state index is 12.1. The van der Waals surface area contributed by atoms with Gasteiger partial charge in [-0.1, -0.05) is 26.0 Å². The zero-order valence-corrected chi connectivity index (χ0v) is 12.2. The van der Waals surface area contributed by atoms with Gasteiger partial charge in [0.15, 0.2) is 0 Å². The average molecular weight is 270 g/mol. The highest BCUT2D eigenvalue weighted by atomic mass is 32.2. The van der Waals surface area contributed by atoms with Gasteiger partial charge in [0.1, 0.15) is 0 Å². The van der Waals surface area contributed by atoms with Crippen LogP contribution in [0.25, 0.3) is 0 Å². The molecule has 18 heavy (non-hydrogen) atoms. The molecule has 0 spiro atoms. The van der Waals surface area contributed by atoms with Gasteiger partial charge in [-0.25, -0.2) is 13.1 Å². The van der Waals surface area contributed by atoms with Crippen molar-refractivity contribution in [2.45, 2.75) is 44.7 Å². The number of hydrogen-bond acceptors (Lipinski definition) is 3. The van der Waals surface area contributed by atoms with Crippen molar-refractivity contribution in [1.29, 1.82) is 0 Å². The topological polar surface area (TPSA) is 72.2 Å². The van der Waals surface area contributed by atoms with E-state index < -0.39 is 10.0 Å². The molecule has 3 N–H and O–H groups in total. The molecular weight excluding hydrogens is 248 g/mol. The Morgan fingerprint density at radius 1 is 1.06 bits per heavy atom. The number of nitrogens with one attached hydrogen (secondary N) is 1. The Hall–Kier alpha value is -0.910. The Kier molecular flexibility index (Phi) is 4.90. The Bertz CT molecular complexity index is 478.